The Morgan fingerprint density at radius 3 is 2.43 bits per heavy atom. The molecule has 3 atom stereocenters. The Morgan fingerprint density at radius 2 is 1.84 bits per heavy atom. The van der Waals surface area contributed by atoms with Gasteiger partial charge in [0.15, 0.2) is 0 Å². The fourth-order valence-corrected chi connectivity index (χ4v) is 4.36. The number of aromatic nitrogens is 2. The van der Waals surface area contributed by atoms with Crippen molar-refractivity contribution in [2.75, 3.05) is 13.2 Å². The van der Waals surface area contributed by atoms with Crippen LogP contribution >= 0.6 is 0 Å². The molecule has 3 rings (SSSR count). The van der Waals surface area contributed by atoms with E-state index in [1.165, 1.54) is 11.8 Å². The van der Waals surface area contributed by atoms with Gasteiger partial charge >= 0.3 is 0 Å². The number of amides is 1. The van der Waals surface area contributed by atoms with Crippen molar-refractivity contribution >= 4 is 5.91 Å². The third-order valence-corrected chi connectivity index (χ3v) is 6.16. The van der Waals surface area contributed by atoms with Crippen molar-refractivity contribution in [2.24, 2.45) is 11.1 Å². The molecule has 37 heavy (non-hydrogen) atoms. The normalized spacial score (nSPS) is 14.3. The summed E-state index contributed by atoms with van der Waals surface area (Å²) in [6.45, 7) is 6.81. The molecule has 0 aliphatic carbocycles. The van der Waals surface area contributed by atoms with Crippen molar-refractivity contribution in [3.63, 3.8) is 0 Å². The minimum Gasteiger partial charge on any atom is -0.384 e. The predicted octanol–water partition coefficient (Wildman–Crippen LogP) is 4.86. The zero-order valence-corrected chi connectivity index (χ0v) is 21.7. The van der Waals surface area contributed by atoms with Crippen LogP contribution < -0.4 is 5.73 Å². The van der Waals surface area contributed by atoms with Crippen molar-refractivity contribution in [1.82, 2.24) is 14.5 Å². The van der Waals surface area contributed by atoms with E-state index in [2.05, 4.69) is 0 Å². The Kier molecular flexibility index (Phi) is 9.15. The summed E-state index contributed by atoms with van der Waals surface area (Å²) < 4.78 is 43.7. The first-order chi connectivity index (χ1) is 17.4. The smallest absolute Gasteiger partial charge is 0.251 e. The first kappa shape index (κ1) is 28.4. The van der Waals surface area contributed by atoms with E-state index >= 15 is 0 Å². The third kappa shape index (κ3) is 6.99. The maximum absolute atomic E-state index is 14.7. The first-order valence-electron chi connectivity index (χ1n) is 12.3. The van der Waals surface area contributed by atoms with Gasteiger partial charge in [-0.1, -0.05) is 51.1 Å². The summed E-state index contributed by atoms with van der Waals surface area (Å²) in [7, 11) is 0. The van der Waals surface area contributed by atoms with E-state index < -0.39 is 47.8 Å². The van der Waals surface area contributed by atoms with Crippen LogP contribution in [0.1, 0.15) is 51.5 Å². The van der Waals surface area contributed by atoms with Gasteiger partial charge in [-0.2, -0.15) is 0 Å². The zero-order valence-electron chi connectivity index (χ0n) is 21.7. The van der Waals surface area contributed by atoms with Crippen LogP contribution in [0.5, 0.6) is 0 Å². The molecule has 1 heterocycles. The summed E-state index contributed by atoms with van der Waals surface area (Å²) in [6.07, 6.45) is 0.493. The molecule has 0 saturated heterocycles. The van der Waals surface area contributed by atoms with Crippen molar-refractivity contribution < 1.29 is 23.1 Å². The number of aliphatic hydroxyl groups is 1. The minimum absolute atomic E-state index is 0.00595. The number of imidazole rings is 1. The zero-order chi connectivity index (χ0) is 27.3. The summed E-state index contributed by atoms with van der Waals surface area (Å²) >= 11 is 0. The summed E-state index contributed by atoms with van der Waals surface area (Å²) in [6, 6.07) is 11.2. The van der Waals surface area contributed by atoms with E-state index in [1.54, 1.807) is 6.20 Å². The lowest BCUT2D eigenvalue weighted by molar-refractivity contribution is -0.145. The second kappa shape index (κ2) is 11.9. The quantitative estimate of drug-likeness (QED) is 0.403. The topological polar surface area (TPSA) is 84.4 Å². The lowest BCUT2D eigenvalue weighted by Gasteiger charge is -2.41. The van der Waals surface area contributed by atoms with Crippen LogP contribution in [0.15, 0.2) is 54.7 Å². The molecule has 1 amide bonds. The minimum atomic E-state index is -1.32. The highest BCUT2D eigenvalue weighted by atomic mass is 19.1. The van der Waals surface area contributed by atoms with Gasteiger partial charge < -0.3 is 20.3 Å². The number of benzene rings is 2. The summed E-state index contributed by atoms with van der Waals surface area (Å²) in [5.74, 6) is -1.36. The van der Waals surface area contributed by atoms with Gasteiger partial charge in [0.1, 0.15) is 30.2 Å². The molecule has 6 nitrogen and oxygen atoms in total. The Morgan fingerprint density at radius 1 is 1.16 bits per heavy atom. The Balaban J connectivity index is 2.21. The third-order valence-electron chi connectivity index (χ3n) is 6.16. The monoisotopic (exact) mass is 516 g/mol. The van der Waals surface area contributed by atoms with Gasteiger partial charge in [-0.05, 0) is 42.5 Å². The number of nitrogens with two attached hydrogens (primary N) is 1. The molecule has 9 heteroatoms. The number of hydrogen-bond donors (Lipinski definition) is 2. The van der Waals surface area contributed by atoms with E-state index in [0.717, 1.165) is 23.8 Å². The van der Waals surface area contributed by atoms with Crippen LogP contribution in [-0.4, -0.2) is 50.8 Å². The van der Waals surface area contributed by atoms with Crippen LogP contribution in [0, 0.1) is 17.0 Å². The van der Waals surface area contributed by atoms with Gasteiger partial charge in [0.05, 0.1) is 11.7 Å². The molecule has 0 fully saturated rings. The Bertz CT molecular complexity index is 1190. The molecule has 0 aliphatic heterocycles. The van der Waals surface area contributed by atoms with Gasteiger partial charge in [-0.15, -0.1) is 0 Å². The molecule has 0 unspecified atom stereocenters. The maximum atomic E-state index is 14.7. The van der Waals surface area contributed by atoms with Crippen LogP contribution in [-0.2, 0) is 11.3 Å². The molecule has 3 N–H and O–H groups in total. The van der Waals surface area contributed by atoms with Gasteiger partial charge in [0, 0.05) is 30.9 Å². The first-order valence-corrected chi connectivity index (χ1v) is 12.3. The predicted molar refractivity (Wildman–Crippen MR) is 137 cm³/mol. The van der Waals surface area contributed by atoms with Crippen LogP contribution in [0.3, 0.4) is 0 Å². The maximum Gasteiger partial charge on any atom is 0.251 e. The molecule has 2 aromatic carbocycles. The van der Waals surface area contributed by atoms with Crippen molar-refractivity contribution in [3.05, 3.63) is 77.8 Å². The molecule has 0 saturated carbocycles. The average molecular weight is 517 g/mol. The lowest BCUT2D eigenvalue weighted by Crippen LogP contribution is -2.47. The number of rotatable bonds is 10. The highest BCUT2D eigenvalue weighted by molar-refractivity contribution is 5.80. The number of carbonyl (C=O) groups excluding carboxylic acids is 1. The number of alkyl halides is 1. The SMILES string of the molecule is C[C@H](O)C(=O)N(CC[C@H](N)CF)[C@@H](c1nc(-c2cc(F)ccc2F)cn1Cc1ccccc1)C(C)(C)C. The number of halogens is 3. The average Bonchev–Trinajstić information content (AvgIpc) is 3.24. The van der Waals surface area contributed by atoms with E-state index in [9.17, 15) is 23.1 Å². The van der Waals surface area contributed by atoms with Gasteiger partial charge in [-0.25, -0.2) is 18.2 Å². The Hall–Kier alpha value is -3.17. The van der Waals surface area contributed by atoms with Crippen molar-refractivity contribution in [1.29, 1.82) is 0 Å². The summed E-state index contributed by atoms with van der Waals surface area (Å²) in [4.78, 5) is 19.4. The number of hydrogen-bond acceptors (Lipinski definition) is 4. The molecular weight excluding hydrogens is 481 g/mol. The number of nitrogens with zero attached hydrogens (tertiary/aromatic N) is 3. The number of carbonyl (C=O) groups is 1. The molecule has 3 aromatic rings. The van der Waals surface area contributed by atoms with E-state index in [1.807, 2.05) is 55.7 Å². The fraction of sp³-hybridized carbons (Fsp3) is 0.429. The van der Waals surface area contributed by atoms with Gasteiger partial charge in [0.2, 0.25) is 0 Å². The standard InChI is InChI=1S/C28H35F3N4O2/c1-18(36)27(37)35(13-12-21(32)15-29)25(28(2,3)4)26-33-24(22-14-20(30)10-11-23(22)31)17-34(26)16-19-8-6-5-7-9-19/h5-11,14,17-18,21,25,36H,12-13,15-16,32H2,1-4H3/t18-,21-,25-/m0/s1. The summed E-state index contributed by atoms with van der Waals surface area (Å²) in [5, 5.41) is 10.2. The van der Waals surface area contributed by atoms with E-state index in [0.29, 0.717) is 12.4 Å². The van der Waals surface area contributed by atoms with Gasteiger partial charge in [0.25, 0.3) is 5.91 Å². The highest BCUT2D eigenvalue weighted by Crippen LogP contribution is 2.40. The van der Waals surface area contributed by atoms with E-state index in [-0.39, 0.29) is 24.2 Å². The molecule has 0 bridgehead atoms. The molecule has 0 spiro atoms. The molecular formula is C28H35F3N4O2. The second-order valence-corrected chi connectivity index (χ2v) is 10.4. The highest BCUT2D eigenvalue weighted by Gasteiger charge is 2.39. The lowest BCUT2D eigenvalue weighted by atomic mass is 9.84. The molecule has 0 radical (unpaired) electrons. The van der Waals surface area contributed by atoms with Gasteiger partial charge in [-0.3, -0.25) is 4.79 Å². The molecule has 0 aliphatic rings. The van der Waals surface area contributed by atoms with Crippen molar-refractivity contribution in [2.45, 2.75) is 58.8 Å². The molecule has 200 valence electrons. The fourth-order valence-electron chi connectivity index (χ4n) is 4.36. The number of aliphatic hydroxyl groups excluding tert-OH is 1. The molecule has 1 aromatic heterocycles. The summed E-state index contributed by atoms with van der Waals surface area (Å²) in [5.41, 5.74) is 6.35. The van der Waals surface area contributed by atoms with E-state index in [4.69, 9.17) is 10.7 Å². The second-order valence-electron chi connectivity index (χ2n) is 10.4. The Labute approximate surface area is 215 Å². The largest absolute Gasteiger partial charge is 0.384 e. The van der Waals surface area contributed by atoms with Crippen LogP contribution in [0.4, 0.5) is 13.2 Å². The van der Waals surface area contributed by atoms with Crippen LogP contribution in [0.2, 0.25) is 0 Å². The van der Waals surface area contributed by atoms with Crippen LogP contribution in [0.25, 0.3) is 11.3 Å². The van der Waals surface area contributed by atoms with Crippen molar-refractivity contribution in [3.8, 4) is 11.3 Å².